The van der Waals surface area contributed by atoms with Gasteiger partial charge in [-0.15, -0.1) is 0 Å². The zero-order valence-electron chi connectivity index (χ0n) is 23.2. The Hall–Kier alpha value is -4.39. The normalized spacial score (nSPS) is 17.8. The topological polar surface area (TPSA) is 110 Å². The van der Waals surface area contributed by atoms with E-state index >= 15 is 0 Å². The van der Waals surface area contributed by atoms with Gasteiger partial charge < -0.3 is 28.8 Å². The van der Waals surface area contributed by atoms with Gasteiger partial charge in [-0.05, 0) is 61.7 Å². The smallest absolute Gasteiger partial charge is 0.254 e. The van der Waals surface area contributed by atoms with Gasteiger partial charge in [0.2, 0.25) is 0 Å². The number of furan rings is 1. The van der Waals surface area contributed by atoms with E-state index in [9.17, 15) is 10.1 Å². The lowest BCUT2D eigenvalue weighted by atomic mass is 10.0. The highest BCUT2D eigenvalue weighted by atomic mass is 16.5. The maximum absolute atomic E-state index is 13.2. The molecule has 2 saturated heterocycles. The number of carbonyl (C=O) groups excluding carboxylic acids is 1. The van der Waals surface area contributed by atoms with Crippen molar-refractivity contribution in [3.63, 3.8) is 0 Å². The summed E-state index contributed by atoms with van der Waals surface area (Å²) in [5, 5.41) is 13.4. The maximum atomic E-state index is 13.2. The molecule has 0 saturated carbocycles. The first-order valence-electron chi connectivity index (χ1n) is 13.9. The summed E-state index contributed by atoms with van der Waals surface area (Å²) < 4.78 is 23.0. The average Bonchev–Trinajstić information content (AvgIpc) is 3.46. The molecule has 4 aromatic rings. The minimum atomic E-state index is -0.0535. The Kier molecular flexibility index (Phi) is 7.59. The van der Waals surface area contributed by atoms with E-state index in [1.165, 1.54) is 0 Å². The fourth-order valence-corrected chi connectivity index (χ4v) is 5.51. The van der Waals surface area contributed by atoms with Crippen molar-refractivity contribution >= 4 is 22.7 Å². The summed E-state index contributed by atoms with van der Waals surface area (Å²) >= 11 is 0. The van der Waals surface area contributed by atoms with Gasteiger partial charge >= 0.3 is 0 Å². The van der Waals surface area contributed by atoms with E-state index in [1.54, 1.807) is 25.4 Å². The lowest BCUT2D eigenvalue weighted by molar-refractivity contribution is 0.00358. The third kappa shape index (κ3) is 5.36. The summed E-state index contributed by atoms with van der Waals surface area (Å²) in [6.07, 6.45) is 3.56. The maximum Gasteiger partial charge on any atom is 0.254 e. The number of rotatable bonds is 6. The van der Waals surface area contributed by atoms with E-state index in [2.05, 4.69) is 16.4 Å². The van der Waals surface area contributed by atoms with Crippen molar-refractivity contribution in [1.82, 2.24) is 9.88 Å². The Labute approximate surface area is 238 Å². The van der Waals surface area contributed by atoms with Crippen molar-refractivity contribution < 1.29 is 23.4 Å². The van der Waals surface area contributed by atoms with Crippen molar-refractivity contribution in [2.45, 2.75) is 31.8 Å². The second-order valence-corrected chi connectivity index (χ2v) is 10.4. The number of methoxy groups -OCH3 is 1. The quantitative estimate of drug-likeness (QED) is 0.334. The fraction of sp³-hybridized carbons (Fsp3) is 0.344. The molecule has 1 atom stereocenters. The summed E-state index contributed by atoms with van der Waals surface area (Å²) in [6.45, 7) is 5.05. The number of anilines is 1. The number of carbonyl (C=O) groups is 1. The number of ether oxygens (including phenoxy) is 3. The number of nitrogens with zero attached hydrogens (tertiary/aromatic N) is 3. The molecule has 210 valence electrons. The van der Waals surface area contributed by atoms with Crippen LogP contribution in [0.5, 0.6) is 5.75 Å². The second-order valence-electron chi connectivity index (χ2n) is 10.4. The molecular formula is C32H32N4O5. The molecule has 0 spiro atoms. The van der Waals surface area contributed by atoms with Crippen LogP contribution in [0, 0.1) is 11.3 Å². The van der Waals surface area contributed by atoms with E-state index in [0.29, 0.717) is 53.5 Å². The standard InChI is InChI=1S/C32H32N4O5/c1-20-19-40-14-11-36(20)32(37)22-3-5-26(29(16-22)38-2)30-17-28-31(41-30)25(7-10-34-28)21-4-6-27(23(15-21)18-33)35-24-8-12-39-13-9-24/h3-7,10,15-17,20,24,35H,8-9,11-14,19H2,1-2H3. The summed E-state index contributed by atoms with van der Waals surface area (Å²) in [5.74, 6) is 1.06. The predicted octanol–water partition coefficient (Wildman–Crippen LogP) is 5.49. The van der Waals surface area contributed by atoms with E-state index in [1.807, 2.05) is 48.2 Å². The molecule has 2 aromatic heterocycles. The molecule has 0 bridgehead atoms. The number of fused-ring (bicyclic) bond motifs is 1. The van der Waals surface area contributed by atoms with Gasteiger partial charge in [0.25, 0.3) is 5.91 Å². The highest BCUT2D eigenvalue weighted by Gasteiger charge is 2.26. The minimum absolute atomic E-state index is 0.00930. The van der Waals surface area contributed by atoms with Crippen molar-refractivity contribution in [2.24, 2.45) is 0 Å². The molecule has 2 fully saturated rings. The molecule has 2 aliphatic rings. The third-order valence-electron chi connectivity index (χ3n) is 7.79. The SMILES string of the molecule is COc1cc(C(=O)N2CCOCC2C)ccc1-c1cc2nccc(-c3ccc(NC4CCOCC4)c(C#N)c3)c2o1. The van der Waals surface area contributed by atoms with Crippen LogP contribution in [0.4, 0.5) is 5.69 Å². The van der Waals surface area contributed by atoms with Gasteiger partial charge in [0.15, 0.2) is 5.58 Å². The summed E-state index contributed by atoms with van der Waals surface area (Å²) in [6, 6.07) is 17.6. The first-order chi connectivity index (χ1) is 20.1. The Morgan fingerprint density at radius 2 is 1.93 bits per heavy atom. The number of nitrogens with one attached hydrogen (secondary N) is 1. The lowest BCUT2D eigenvalue weighted by Crippen LogP contribution is -2.47. The van der Waals surface area contributed by atoms with Crippen molar-refractivity contribution in [1.29, 1.82) is 5.26 Å². The molecule has 1 amide bonds. The van der Waals surface area contributed by atoms with Gasteiger partial charge in [-0.25, -0.2) is 0 Å². The number of aromatic nitrogens is 1. The van der Waals surface area contributed by atoms with Crippen molar-refractivity contribution in [2.75, 3.05) is 45.4 Å². The van der Waals surface area contributed by atoms with Crippen LogP contribution in [0.1, 0.15) is 35.7 Å². The van der Waals surface area contributed by atoms with Gasteiger partial charge in [-0.1, -0.05) is 6.07 Å². The molecule has 2 aliphatic heterocycles. The van der Waals surface area contributed by atoms with Crippen molar-refractivity contribution in [3.8, 4) is 34.3 Å². The molecule has 9 heteroatoms. The Morgan fingerprint density at radius 3 is 2.71 bits per heavy atom. The van der Waals surface area contributed by atoms with E-state index < -0.39 is 0 Å². The minimum Gasteiger partial charge on any atom is -0.496 e. The first kappa shape index (κ1) is 26.8. The van der Waals surface area contributed by atoms with Crippen LogP contribution in [-0.2, 0) is 9.47 Å². The van der Waals surface area contributed by atoms with Crippen LogP contribution >= 0.6 is 0 Å². The first-order valence-corrected chi connectivity index (χ1v) is 13.9. The number of hydrogen-bond acceptors (Lipinski definition) is 8. The Morgan fingerprint density at radius 1 is 1.07 bits per heavy atom. The molecular weight excluding hydrogens is 520 g/mol. The van der Waals surface area contributed by atoms with Gasteiger partial charge in [0.1, 0.15) is 23.1 Å². The zero-order valence-corrected chi connectivity index (χ0v) is 23.2. The monoisotopic (exact) mass is 552 g/mol. The number of benzene rings is 2. The van der Waals surface area contributed by atoms with Crippen LogP contribution in [0.15, 0.2) is 59.1 Å². The number of morpholine rings is 1. The molecule has 1 unspecified atom stereocenters. The molecule has 2 aromatic carbocycles. The molecule has 41 heavy (non-hydrogen) atoms. The van der Waals surface area contributed by atoms with Gasteiger partial charge in [-0.2, -0.15) is 5.26 Å². The third-order valence-corrected chi connectivity index (χ3v) is 7.79. The molecule has 9 nitrogen and oxygen atoms in total. The number of nitriles is 1. The molecule has 4 heterocycles. The number of hydrogen-bond donors (Lipinski definition) is 1. The molecule has 6 rings (SSSR count). The van der Waals surface area contributed by atoms with Gasteiger partial charge in [0.05, 0.1) is 43.2 Å². The van der Waals surface area contributed by atoms with Crippen LogP contribution in [0.3, 0.4) is 0 Å². The zero-order chi connectivity index (χ0) is 28.3. The van der Waals surface area contributed by atoms with E-state index in [4.69, 9.17) is 18.6 Å². The van der Waals surface area contributed by atoms with Crippen LogP contribution in [0.2, 0.25) is 0 Å². The summed E-state index contributed by atoms with van der Waals surface area (Å²) in [4.78, 5) is 19.6. The summed E-state index contributed by atoms with van der Waals surface area (Å²) in [5.41, 5.74) is 5.65. The highest BCUT2D eigenvalue weighted by Crippen LogP contribution is 2.38. The highest BCUT2D eigenvalue weighted by molar-refractivity contribution is 5.97. The lowest BCUT2D eigenvalue weighted by Gasteiger charge is -2.33. The number of pyridine rings is 1. The van der Waals surface area contributed by atoms with E-state index in [0.717, 1.165) is 48.4 Å². The van der Waals surface area contributed by atoms with Crippen molar-refractivity contribution in [3.05, 3.63) is 65.9 Å². The Balaban J connectivity index is 1.31. The van der Waals surface area contributed by atoms with Crippen LogP contribution in [-0.4, -0.2) is 68.0 Å². The molecule has 0 aliphatic carbocycles. The fourth-order valence-electron chi connectivity index (χ4n) is 5.51. The molecule has 1 N–H and O–H groups in total. The van der Waals surface area contributed by atoms with Gasteiger partial charge in [-0.3, -0.25) is 9.78 Å². The predicted molar refractivity (Wildman–Crippen MR) is 155 cm³/mol. The number of amides is 1. The largest absolute Gasteiger partial charge is 0.496 e. The molecule has 0 radical (unpaired) electrons. The summed E-state index contributed by atoms with van der Waals surface area (Å²) in [7, 11) is 1.58. The average molecular weight is 553 g/mol. The van der Waals surface area contributed by atoms with E-state index in [-0.39, 0.29) is 18.0 Å². The Bertz CT molecular complexity index is 1620. The van der Waals surface area contributed by atoms with Crippen LogP contribution < -0.4 is 10.1 Å². The van der Waals surface area contributed by atoms with Crippen LogP contribution in [0.25, 0.3) is 33.6 Å². The second kappa shape index (κ2) is 11.6. The van der Waals surface area contributed by atoms with Gasteiger partial charge in [0, 0.05) is 49.2 Å².